The Morgan fingerprint density at radius 3 is 2.26 bits per heavy atom. The second kappa shape index (κ2) is 12.0. The maximum Gasteiger partial charge on any atom is 0.146 e. The SMILES string of the molecule is C=CCCN=C/C(=C\C=NC)Oc1ccc(-c2ccc(C3CCC(C)CC3)cc2)cc1. The van der Waals surface area contributed by atoms with Crippen LogP contribution in [0.3, 0.4) is 0 Å². The van der Waals surface area contributed by atoms with Crippen molar-refractivity contribution >= 4 is 12.4 Å². The van der Waals surface area contributed by atoms with E-state index in [4.69, 9.17) is 4.74 Å². The zero-order chi connectivity index (χ0) is 21.9. The van der Waals surface area contributed by atoms with Crippen molar-refractivity contribution in [2.75, 3.05) is 13.6 Å². The fourth-order valence-electron chi connectivity index (χ4n) is 3.96. The summed E-state index contributed by atoms with van der Waals surface area (Å²) in [6.45, 7) is 6.79. The summed E-state index contributed by atoms with van der Waals surface area (Å²) in [6, 6.07) is 17.3. The molecular weight excluding hydrogens is 380 g/mol. The lowest BCUT2D eigenvalue weighted by atomic mass is 9.79. The minimum atomic E-state index is 0.661. The molecule has 0 aromatic heterocycles. The summed E-state index contributed by atoms with van der Waals surface area (Å²) in [5.41, 5.74) is 3.91. The molecule has 1 aliphatic rings. The molecule has 1 fully saturated rings. The number of nitrogens with zero attached hydrogens (tertiary/aromatic N) is 2. The average molecular weight is 415 g/mol. The second-order valence-corrected chi connectivity index (χ2v) is 8.29. The predicted octanol–water partition coefficient (Wildman–Crippen LogP) is 7.26. The molecule has 3 rings (SSSR count). The van der Waals surface area contributed by atoms with Crippen LogP contribution in [0.2, 0.25) is 0 Å². The van der Waals surface area contributed by atoms with Gasteiger partial charge in [0.15, 0.2) is 0 Å². The zero-order valence-corrected chi connectivity index (χ0v) is 18.8. The normalized spacial score (nSPS) is 19.7. The molecule has 31 heavy (non-hydrogen) atoms. The number of ether oxygens (including phenoxy) is 1. The fourth-order valence-corrected chi connectivity index (χ4v) is 3.96. The maximum absolute atomic E-state index is 5.99. The van der Waals surface area contributed by atoms with E-state index in [0.717, 1.165) is 24.0 Å². The summed E-state index contributed by atoms with van der Waals surface area (Å²) >= 11 is 0. The molecule has 0 radical (unpaired) electrons. The monoisotopic (exact) mass is 414 g/mol. The topological polar surface area (TPSA) is 34.0 Å². The van der Waals surface area contributed by atoms with Gasteiger partial charge in [-0.2, -0.15) is 0 Å². The first-order valence-corrected chi connectivity index (χ1v) is 11.3. The van der Waals surface area contributed by atoms with Gasteiger partial charge in [-0.15, -0.1) is 6.58 Å². The van der Waals surface area contributed by atoms with E-state index in [1.54, 1.807) is 19.5 Å². The first kappa shape index (κ1) is 22.7. The van der Waals surface area contributed by atoms with E-state index in [9.17, 15) is 0 Å². The molecule has 0 spiro atoms. The van der Waals surface area contributed by atoms with Crippen LogP contribution in [0.1, 0.15) is 50.5 Å². The third-order valence-electron chi connectivity index (χ3n) is 5.89. The molecule has 2 aromatic carbocycles. The Morgan fingerprint density at radius 2 is 1.65 bits per heavy atom. The van der Waals surface area contributed by atoms with E-state index >= 15 is 0 Å². The van der Waals surface area contributed by atoms with E-state index in [-0.39, 0.29) is 0 Å². The molecule has 0 aliphatic heterocycles. The summed E-state index contributed by atoms with van der Waals surface area (Å²) in [7, 11) is 1.73. The van der Waals surface area contributed by atoms with Gasteiger partial charge in [0.05, 0.1) is 6.21 Å². The highest BCUT2D eigenvalue weighted by molar-refractivity contribution is 5.85. The smallest absolute Gasteiger partial charge is 0.146 e. The third-order valence-corrected chi connectivity index (χ3v) is 5.89. The lowest BCUT2D eigenvalue weighted by Crippen LogP contribution is -2.10. The highest BCUT2D eigenvalue weighted by Gasteiger charge is 2.19. The Kier molecular flexibility index (Phi) is 8.84. The second-order valence-electron chi connectivity index (χ2n) is 8.29. The van der Waals surface area contributed by atoms with E-state index in [1.807, 2.05) is 24.3 Å². The Labute approximate surface area is 187 Å². The predicted molar refractivity (Wildman–Crippen MR) is 134 cm³/mol. The highest BCUT2D eigenvalue weighted by Crippen LogP contribution is 2.36. The van der Waals surface area contributed by atoms with Crippen LogP contribution in [0.4, 0.5) is 0 Å². The van der Waals surface area contributed by atoms with Crippen LogP contribution >= 0.6 is 0 Å². The molecule has 0 heterocycles. The molecule has 0 atom stereocenters. The van der Waals surface area contributed by atoms with Gasteiger partial charge in [0.1, 0.15) is 11.5 Å². The number of aliphatic imine (C=N–C) groups is 2. The van der Waals surface area contributed by atoms with Crippen molar-refractivity contribution in [3.05, 3.63) is 78.6 Å². The summed E-state index contributed by atoms with van der Waals surface area (Å²) < 4.78 is 5.99. The van der Waals surface area contributed by atoms with Gasteiger partial charge in [-0.05, 0) is 59.9 Å². The van der Waals surface area contributed by atoms with Crippen molar-refractivity contribution in [3.8, 4) is 16.9 Å². The number of hydrogen-bond donors (Lipinski definition) is 0. The lowest BCUT2D eigenvalue weighted by Gasteiger charge is -2.26. The Hall–Kier alpha value is -2.94. The summed E-state index contributed by atoms with van der Waals surface area (Å²) in [5.74, 6) is 3.06. The number of allylic oxidation sites excluding steroid dienone is 2. The minimum absolute atomic E-state index is 0.661. The van der Waals surface area contributed by atoms with Crippen molar-refractivity contribution in [1.29, 1.82) is 0 Å². The van der Waals surface area contributed by atoms with Crippen molar-refractivity contribution < 1.29 is 4.74 Å². The van der Waals surface area contributed by atoms with Crippen LogP contribution in [0.25, 0.3) is 11.1 Å². The Morgan fingerprint density at radius 1 is 1.00 bits per heavy atom. The molecule has 0 bridgehead atoms. The molecule has 162 valence electrons. The maximum atomic E-state index is 5.99. The van der Waals surface area contributed by atoms with Crippen LogP contribution in [0.15, 0.2) is 83.0 Å². The first-order valence-electron chi connectivity index (χ1n) is 11.3. The van der Waals surface area contributed by atoms with E-state index in [1.165, 1.54) is 42.4 Å². The van der Waals surface area contributed by atoms with Crippen molar-refractivity contribution in [2.45, 2.75) is 44.9 Å². The quantitative estimate of drug-likeness (QED) is 0.184. The minimum Gasteiger partial charge on any atom is -0.456 e. The fraction of sp³-hybridized carbons (Fsp3) is 0.357. The van der Waals surface area contributed by atoms with Gasteiger partial charge >= 0.3 is 0 Å². The van der Waals surface area contributed by atoms with Crippen molar-refractivity contribution in [3.63, 3.8) is 0 Å². The summed E-state index contributed by atoms with van der Waals surface area (Å²) in [4.78, 5) is 8.38. The van der Waals surface area contributed by atoms with Crippen LogP contribution in [-0.2, 0) is 0 Å². The van der Waals surface area contributed by atoms with Crippen LogP contribution in [-0.4, -0.2) is 26.0 Å². The number of benzene rings is 2. The van der Waals surface area contributed by atoms with Gasteiger partial charge in [0.2, 0.25) is 0 Å². The average Bonchev–Trinajstić information content (AvgIpc) is 2.81. The molecule has 0 N–H and O–H groups in total. The molecule has 2 aromatic rings. The summed E-state index contributed by atoms with van der Waals surface area (Å²) in [6.07, 6.45) is 13.3. The lowest BCUT2D eigenvalue weighted by molar-refractivity contribution is 0.348. The highest BCUT2D eigenvalue weighted by atomic mass is 16.5. The Balaban J connectivity index is 1.64. The standard InChI is InChI=1S/C28H34N2O/c1-4-5-19-30-21-28(18-20-29-3)31-27-16-14-26(15-17-27)25-12-10-24(11-13-25)23-8-6-22(2)7-9-23/h4,10-18,20-23H,1,5-9,19H2,2-3H3/b28-18+,29-20?,30-21?. The molecular formula is C28H34N2O. The number of rotatable bonds is 9. The van der Waals surface area contributed by atoms with Crippen LogP contribution < -0.4 is 4.74 Å². The van der Waals surface area contributed by atoms with Crippen molar-refractivity contribution in [1.82, 2.24) is 0 Å². The molecule has 3 heteroatoms. The van der Waals surface area contributed by atoms with E-state index in [0.29, 0.717) is 12.3 Å². The van der Waals surface area contributed by atoms with Gasteiger partial charge in [0, 0.05) is 25.9 Å². The van der Waals surface area contributed by atoms with Gasteiger partial charge < -0.3 is 4.74 Å². The van der Waals surface area contributed by atoms with Gasteiger partial charge in [-0.25, -0.2) is 0 Å². The van der Waals surface area contributed by atoms with Gasteiger partial charge in [-0.1, -0.05) is 62.2 Å². The molecule has 0 saturated heterocycles. The van der Waals surface area contributed by atoms with Gasteiger partial charge in [-0.3, -0.25) is 9.98 Å². The van der Waals surface area contributed by atoms with Crippen LogP contribution in [0.5, 0.6) is 5.75 Å². The molecule has 3 nitrogen and oxygen atoms in total. The third kappa shape index (κ3) is 7.06. The Bertz CT molecular complexity index is 899. The largest absolute Gasteiger partial charge is 0.456 e. The van der Waals surface area contributed by atoms with Crippen molar-refractivity contribution in [2.24, 2.45) is 15.9 Å². The number of hydrogen-bond acceptors (Lipinski definition) is 3. The summed E-state index contributed by atoms with van der Waals surface area (Å²) in [5, 5.41) is 0. The molecule has 0 unspecified atom stereocenters. The van der Waals surface area contributed by atoms with E-state index < -0.39 is 0 Å². The molecule has 1 aliphatic carbocycles. The van der Waals surface area contributed by atoms with Gasteiger partial charge in [0.25, 0.3) is 0 Å². The first-order chi connectivity index (χ1) is 15.2. The molecule has 0 amide bonds. The zero-order valence-electron chi connectivity index (χ0n) is 18.8. The van der Waals surface area contributed by atoms with E-state index in [2.05, 4.69) is 59.9 Å². The van der Waals surface area contributed by atoms with Crippen LogP contribution in [0, 0.1) is 5.92 Å². The molecule has 1 saturated carbocycles.